The zero-order valence-corrected chi connectivity index (χ0v) is 19.2. The molecule has 32 heavy (non-hydrogen) atoms. The van der Waals surface area contributed by atoms with Gasteiger partial charge in [-0.2, -0.15) is 0 Å². The lowest BCUT2D eigenvalue weighted by Gasteiger charge is -2.54. The molecule has 3 aliphatic rings. The molecule has 2 aromatic rings. The molecule has 1 aromatic carbocycles. The zero-order chi connectivity index (χ0) is 22.3. The molecule has 2 fully saturated rings. The minimum absolute atomic E-state index is 0.0136. The number of rotatable bonds is 3. The van der Waals surface area contributed by atoms with Crippen LogP contribution in [0.4, 0.5) is 0 Å². The van der Waals surface area contributed by atoms with Gasteiger partial charge < -0.3 is 19.1 Å². The number of hydrogen-bond acceptors (Lipinski definition) is 5. The number of methoxy groups -OCH3 is 1. The van der Waals surface area contributed by atoms with Gasteiger partial charge in [0.25, 0.3) is 0 Å². The summed E-state index contributed by atoms with van der Waals surface area (Å²) in [5, 5.41) is 0. The quantitative estimate of drug-likeness (QED) is 0.722. The number of nitrogens with zero attached hydrogens (tertiary/aromatic N) is 2. The number of carbonyl (C=O) groups excluding carboxylic acids is 1. The third-order valence-electron chi connectivity index (χ3n) is 7.63. The number of pyridine rings is 1. The first-order valence-electron chi connectivity index (χ1n) is 11.5. The van der Waals surface area contributed by atoms with E-state index in [1.807, 2.05) is 29.2 Å². The Morgan fingerprint density at radius 1 is 1.25 bits per heavy atom. The Morgan fingerprint density at radius 2 is 2.06 bits per heavy atom. The molecule has 2 saturated heterocycles. The summed E-state index contributed by atoms with van der Waals surface area (Å²) in [6, 6.07) is 9.83. The highest BCUT2D eigenvalue weighted by Crippen LogP contribution is 2.55. The van der Waals surface area contributed by atoms with Crippen LogP contribution < -0.4 is 9.47 Å². The molecule has 0 radical (unpaired) electrons. The van der Waals surface area contributed by atoms with Crippen LogP contribution in [-0.2, 0) is 16.0 Å². The topological polar surface area (TPSA) is 60.9 Å². The summed E-state index contributed by atoms with van der Waals surface area (Å²) in [6.07, 6.45) is 6.93. The monoisotopic (exact) mass is 436 g/mol. The molecule has 5 rings (SSSR count). The van der Waals surface area contributed by atoms with Gasteiger partial charge in [0.2, 0.25) is 5.91 Å². The SMILES string of the molecule is COc1ccc2c(c1)[C@H]1OCC3(CCN(C(=O)Cc4cccnc4)CC3)C[C@@H]1C(C)(C)O2. The number of amides is 1. The van der Waals surface area contributed by atoms with E-state index >= 15 is 0 Å². The third-order valence-corrected chi connectivity index (χ3v) is 7.63. The van der Waals surface area contributed by atoms with Crippen LogP contribution in [0.25, 0.3) is 0 Å². The summed E-state index contributed by atoms with van der Waals surface area (Å²) in [6.45, 7) is 6.64. The molecule has 6 heteroatoms. The van der Waals surface area contributed by atoms with Gasteiger partial charge in [-0.3, -0.25) is 9.78 Å². The average Bonchev–Trinajstić information content (AvgIpc) is 2.80. The van der Waals surface area contributed by atoms with Gasteiger partial charge in [0.1, 0.15) is 17.1 Å². The molecule has 1 spiro atoms. The van der Waals surface area contributed by atoms with Gasteiger partial charge in [0.15, 0.2) is 0 Å². The highest BCUT2D eigenvalue weighted by atomic mass is 16.5. The van der Waals surface area contributed by atoms with E-state index in [1.165, 1.54) is 0 Å². The van der Waals surface area contributed by atoms with E-state index in [1.54, 1.807) is 19.5 Å². The van der Waals surface area contributed by atoms with Crippen molar-refractivity contribution in [3.8, 4) is 11.5 Å². The van der Waals surface area contributed by atoms with Crippen molar-refractivity contribution in [1.29, 1.82) is 0 Å². The van der Waals surface area contributed by atoms with Crippen molar-refractivity contribution >= 4 is 5.91 Å². The van der Waals surface area contributed by atoms with Gasteiger partial charge in [-0.25, -0.2) is 0 Å². The Labute approximate surface area is 189 Å². The minimum atomic E-state index is -0.313. The fourth-order valence-corrected chi connectivity index (χ4v) is 5.63. The van der Waals surface area contributed by atoms with E-state index < -0.39 is 0 Å². The van der Waals surface area contributed by atoms with Crippen LogP contribution in [0.15, 0.2) is 42.7 Å². The van der Waals surface area contributed by atoms with Crippen LogP contribution in [0.3, 0.4) is 0 Å². The molecule has 2 atom stereocenters. The summed E-state index contributed by atoms with van der Waals surface area (Å²) in [5.74, 6) is 2.16. The smallest absolute Gasteiger partial charge is 0.227 e. The second-order valence-electron chi connectivity index (χ2n) is 10.1. The maximum absolute atomic E-state index is 12.8. The second kappa shape index (κ2) is 8.07. The van der Waals surface area contributed by atoms with E-state index in [0.717, 1.165) is 61.6 Å². The van der Waals surface area contributed by atoms with E-state index in [2.05, 4.69) is 24.9 Å². The van der Waals surface area contributed by atoms with Crippen LogP contribution in [0.1, 0.15) is 50.3 Å². The number of ether oxygens (including phenoxy) is 3. The van der Waals surface area contributed by atoms with Gasteiger partial charge >= 0.3 is 0 Å². The molecule has 0 saturated carbocycles. The lowest BCUT2D eigenvalue weighted by atomic mass is 9.64. The number of carbonyl (C=O) groups is 1. The molecule has 0 bridgehead atoms. The first-order chi connectivity index (χ1) is 15.4. The Hall–Kier alpha value is -2.60. The molecule has 1 amide bonds. The number of fused-ring (bicyclic) bond motifs is 3. The molecule has 0 N–H and O–H groups in total. The van der Waals surface area contributed by atoms with Crippen molar-refractivity contribution in [1.82, 2.24) is 9.88 Å². The minimum Gasteiger partial charge on any atom is -0.497 e. The average molecular weight is 437 g/mol. The standard InChI is InChI=1S/C26H32N2O4/c1-25(2)21-15-26(17-31-24(21)20-14-19(30-3)6-7-22(20)32-25)8-11-28(12-9-26)23(29)13-18-5-4-10-27-16-18/h4-7,10,14,16,21,24H,8-9,11-13,15,17H2,1-3H3/t21-,24+/m0/s1. The van der Waals surface area contributed by atoms with Crippen LogP contribution in [0, 0.1) is 11.3 Å². The van der Waals surface area contributed by atoms with Gasteiger partial charge in [-0.1, -0.05) is 6.07 Å². The number of aromatic nitrogens is 1. The maximum Gasteiger partial charge on any atom is 0.227 e. The fraction of sp³-hybridized carbons (Fsp3) is 0.538. The Balaban J connectivity index is 1.28. The molecule has 4 heterocycles. The van der Waals surface area contributed by atoms with Crippen molar-refractivity contribution in [2.75, 3.05) is 26.8 Å². The molecule has 170 valence electrons. The molecule has 6 nitrogen and oxygen atoms in total. The molecular formula is C26H32N2O4. The summed E-state index contributed by atoms with van der Waals surface area (Å²) < 4.78 is 18.5. The first-order valence-corrected chi connectivity index (χ1v) is 11.5. The summed E-state index contributed by atoms with van der Waals surface area (Å²) >= 11 is 0. The number of likely N-dealkylation sites (tertiary alicyclic amines) is 1. The molecule has 0 unspecified atom stereocenters. The van der Waals surface area contributed by atoms with Crippen LogP contribution in [0.5, 0.6) is 11.5 Å². The van der Waals surface area contributed by atoms with Gasteiger partial charge in [-0.05, 0) is 68.4 Å². The number of benzene rings is 1. The zero-order valence-electron chi connectivity index (χ0n) is 19.2. The van der Waals surface area contributed by atoms with Crippen molar-refractivity contribution in [2.24, 2.45) is 11.3 Å². The van der Waals surface area contributed by atoms with Gasteiger partial charge in [0.05, 0.1) is 26.2 Å². The van der Waals surface area contributed by atoms with Crippen LogP contribution in [0.2, 0.25) is 0 Å². The first kappa shape index (κ1) is 21.3. The largest absolute Gasteiger partial charge is 0.497 e. The molecule has 0 aliphatic carbocycles. The van der Waals surface area contributed by atoms with Crippen LogP contribution >= 0.6 is 0 Å². The Kier molecular flexibility index (Phi) is 5.36. The van der Waals surface area contributed by atoms with Gasteiger partial charge in [-0.15, -0.1) is 0 Å². The maximum atomic E-state index is 12.8. The fourth-order valence-electron chi connectivity index (χ4n) is 5.63. The summed E-state index contributed by atoms with van der Waals surface area (Å²) in [4.78, 5) is 18.9. The lowest BCUT2D eigenvalue weighted by Crippen LogP contribution is -2.54. The van der Waals surface area contributed by atoms with E-state index in [0.29, 0.717) is 6.42 Å². The number of piperidine rings is 1. The van der Waals surface area contributed by atoms with Crippen molar-refractivity contribution in [2.45, 2.75) is 51.2 Å². The van der Waals surface area contributed by atoms with E-state index in [-0.39, 0.29) is 28.9 Å². The highest BCUT2D eigenvalue weighted by Gasteiger charge is 2.53. The van der Waals surface area contributed by atoms with E-state index in [4.69, 9.17) is 14.2 Å². The summed E-state index contributed by atoms with van der Waals surface area (Å²) in [5.41, 5.74) is 1.85. The van der Waals surface area contributed by atoms with E-state index in [9.17, 15) is 4.79 Å². The highest BCUT2D eigenvalue weighted by molar-refractivity contribution is 5.78. The predicted octanol–water partition coefficient (Wildman–Crippen LogP) is 4.19. The van der Waals surface area contributed by atoms with Crippen molar-refractivity contribution < 1.29 is 19.0 Å². The Morgan fingerprint density at radius 3 is 2.78 bits per heavy atom. The Bertz CT molecular complexity index is 983. The molecular weight excluding hydrogens is 404 g/mol. The normalized spacial score (nSPS) is 25.4. The van der Waals surface area contributed by atoms with Crippen molar-refractivity contribution in [3.05, 3.63) is 53.9 Å². The molecule has 3 aliphatic heterocycles. The molecule has 1 aromatic heterocycles. The van der Waals surface area contributed by atoms with Gasteiger partial charge in [0, 0.05) is 37.0 Å². The predicted molar refractivity (Wildman–Crippen MR) is 121 cm³/mol. The second-order valence-corrected chi connectivity index (χ2v) is 10.1. The summed E-state index contributed by atoms with van der Waals surface area (Å²) in [7, 11) is 1.69. The third kappa shape index (κ3) is 3.85. The van der Waals surface area contributed by atoms with Crippen LogP contribution in [-0.4, -0.2) is 48.2 Å². The lowest BCUT2D eigenvalue weighted by molar-refractivity contribution is -0.176. The number of hydrogen-bond donors (Lipinski definition) is 0. The van der Waals surface area contributed by atoms with Crippen molar-refractivity contribution in [3.63, 3.8) is 0 Å².